The van der Waals surface area contributed by atoms with Crippen LogP contribution in [0.1, 0.15) is 18.4 Å². The predicted molar refractivity (Wildman–Crippen MR) is 56.1 cm³/mol. The fraction of sp³-hybridized carbons (Fsp3) is 0.273. The first-order valence-corrected chi connectivity index (χ1v) is 4.78. The maximum absolute atomic E-state index is 13.1. The quantitative estimate of drug-likeness (QED) is 0.808. The highest BCUT2D eigenvalue weighted by atomic mass is 19.1. The molecule has 0 aliphatic rings. The summed E-state index contributed by atoms with van der Waals surface area (Å²) in [7, 11) is 0. The van der Waals surface area contributed by atoms with Gasteiger partial charge in [-0.15, -0.1) is 0 Å². The van der Waals surface area contributed by atoms with E-state index in [9.17, 15) is 9.18 Å². The number of nitriles is 1. The Morgan fingerprint density at radius 1 is 1.56 bits per heavy atom. The second kappa shape index (κ2) is 5.83. The number of aliphatic hydroxyl groups excluding tert-OH is 1. The van der Waals surface area contributed by atoms with Gasteiger partial charge >= 0.3 is 0 Å². The van der Waals surface area contributed by atoms with Gasteiger partial charge in [-0.1, -0.05) is 6.07 Å². The van der Waals surface area contributed by atoms with Crippen LogP contribution < -0.4 is 5.32 Å². The van der Waals surface area contributed by atoms with Crippen LogP contribution in [0, 0.1) is 17.1 Å². The second-order valence-electron chi connectivity index (χ2n) is 3.15. The highest BCUT2D eigenvalue weighted by Gasteiger charge is 2.09. The van der Waals surface area contributed by atoms with Gasteiger partial charge in [0.1, 0.15) is 17.4 Å². The topological polar surface area (TPSA) is 73.1 Å². The van der Waals surface area contributed by atoms with Gasteiger partial charge in [0.2, 0.25) is 5.91 Å². The van der Waals surface area contributed by atoms with E-state index < -0.39 is 5.82 Å². The summed E-state index contributed by atoms with van der Waals surface area (Å²) in [6, 6.07) is 5.71. The summed E-state index contributed by atoms with van der Waals surface area (Å²) >= 11 is 0. The molecule has 2 N–H and O–H groups in total. The number of nitrogens with zero attached hydrogens (tertiary/aromatic N) is 1. The summed E-state index contributed by atoms with van der Waals surface area (Å²) in [6.07, 6.45) is 0.473. The first-order valence-electron chi connectivity index (χ1n) is 4.78. The number of amides is 1. The number of hydrogen-bond acceptors (Lipinski definition) is 3. The average Bonchev–Trinajstić information content (AvgIpc) is 2.27. The third-order valence-electron chi connectivity index (χ3n) is 1.96. The minimum atomic E-state index is -0.664. The normalized spacial score (nSPS) is 9.56. The van der Waals surface area contributed by atoms with E-state index in [4.69, 9.17) is 10.4 Å². The Balaban J connectivity index is 2.78. The van der Waals surface area contributed by atoms with Crippen LogP contribution >= 0.6 is 0 Å². The number of rotatable bonds is 4. The summed E-state index contributed by atoms with van der Waals surface area (Å²) in [6.45, 7) is -0.0817. The van der Waals surface area contributed by atoms with E-state index in [1.807, 2.05) is 0 Å². The fourth-order valence-electron chi connectivity index (χ4n) is 1.19. The van der Waals surface area contributed by atoms with Gasteiger partial charge in [0.15, 0.2) is 0 Å². The molecule has 1 rings (SSSR count). The molecule has 0 aromatic heterocycles. The van der Waals surface area contributed by atoms with Gasteiger partial charge in [-0.25, -0.2) is 4.39 Å². The molecule has 16 heavy (non-hydrogen) atoms. The fourth-order valence-corrected chi connectivity index (χ4v) is 1.19. The second-order valence-corrected chi connectivity index (χ2v) is 3.15. The number of halogens is 1. The van der Waals surface area contributed by atoms with Crippen molar-refractivity contribution in [2.24, 2.45) is 0 Å². The number of carbonyl (C=O) groups excluding carboxylic acids is 1. The van der Waals surface area contributed by atoms with Crippen molar-refractivity contribution in [3.63, 3.8) is 0 Å². The van der Waals surface area contributed by atoms with Crippen molar-refractivity contribution in [3.8, 4) is 6.07 Å². The van der Waals surface area contributed by atoms with Crippen LogP contribution in [0.5, 0.6) is 0 Å². The third-order valence-corrected chi connectivity index (χ3v) is 1.96. The Morgan fingerprint density at radius 3 is 2.94 bits per heavy atom. The number of hydrogen-bond donors (Lipinski definition) is 2. The van der Waals surface area contributed by atoms with E-state index in [0.717, 1.165) is 6.07 Å². The van der Waals surface area contributed by atoms with Crippen molar-refractivity contribution < 1.29 is 14.3 Å². The van der Waals surface area contributed by atoms with Crippen LogP contribution in [-0.2, 0) is 4.79 Å². The first-order chi connectivity index (χ1) is 7.69. The molecule has 0 aliphatic heterocycles. The zero-order valence-corrected chi connectivity index (χ0v) is 8.53. The lowest BCUT2D eigenvalue weighted by Gasteiger charge is -2.06. The van der Waals surface area contributed by atoms with E-state index in [1.165, 1.54) is 12.1 Å². The number of benzene rings is 1. The molecule has 84 valence electrons. The lowest BCUT2D eigenvalue weighted by molar-refractivity contribution is -0.116. The highest BCUT2D eigenvalue weighted by Crippen LogP contribution is 2.17. The highest BCUT2D eigenvalue weighted by molar-refractivity contribution is 5.92. The predicted octanol–water partition coefficient (Wildman–Crippen LogP) is 1.41. The zero-order chi connectivity index (χ0) is 12.0. The van der Waals surface area contributed by atoms with Crippen molar-refractivity contribution in [2.75, 3.05) is 11.9 Å². The number of carbonyl (C=O) groups is 1. The smallest absolute Gasteiger partial charge is 0.224 e. The van der Waals surface area contributed by atoms with Gasteiger partial charge in [-0.3, -0.25) is 4.79 Å². The number of nitrogens with one attached hydrogen (secondary N) is 1. The SMILES string of the molecule is N#Cc1c(F)cccc1NC(=O)CCCO. The minimum absolute atomic E-state index is 0.0817. The monoisotopic (exact) mass is 222 g/mol. The molecule has 0 saturated heterocycles. The molecule has 0 radical (unpaired) electrons. The van der Waals surface area contributed by atoms with Crippen LogP contribution in [0.15, 0.2) is 18.2 Å². The van der Waals surface area contributed by atoms with Crippen molar-refractivity contribution >= 4 is 11.6 Å². The molecule has 0 fully saturated rings. The molecule has 0 spiro atoms. The summed E-state index contributed by atoms with van der Waals surface area (Å²) in [5.41, 5.74) is -0.0229. The van der Waals surface area contributed by atoms with Gasteiger partial charge in [-0.2, -0.15) is 5.26 Å². The number of anilines is 1. The molecule has 1 aromatic rings. The summed E-state index contributed by atoms with van der Waals surface area (Å²) < 4.78 is 13.1. The maximum Gasteiger partial charge on any atom is 0.224 e. The zero-order valence-electron chi connectivity index (χ0n) is 8.53. The molecular weight excluding hydrogens is 211 g/mol. The largest absolute Gasteiger partial charge is 0.396 e. The van der Waals surface area contributed by atoms with Crippen molar-refractivity contribution in [1.29, 1.82) is 5.26 Å². The molecule has 0 bridgehead atoms. The Morgan fingerprint density at radius 2 is 2.31 bits per heavy atom. The molecule has 0 atom stereocenters. The van der Waals surface area contributed by atoms with Crippen molar-refractivity contribution in [2.45, 2.75) is 12.8 Å². The van der Waals surface area contributed by atoms with Crippen LogP contribution in [0.3, 0.4) is 0 Å². The van der Waals surface area contributed by atoms with Gasteiger partial charge in [0.05, 0.1) is 5.69 Å². The minimum Gasteiger partial charge on any atom is -0.396 e. The van der Waals surface area contributed by atoms with E-state index in [0.29, 0.717) is 6.42 Å². The Labute approximate surface area is 92.3 Å². The van der Waals surface area contributed by atoms with Gasteiger partial charge < -0.3 is 10.4 Å². The van der Waals surface area contributed by atoms with Gasteiger partial charge in [0.25, 0.3) is 0 Å². The van der Waals surface area contributed by atoms with Crippen molar-refractivity contribution in [3.05, 3.63) is 29.6 Å². The van der Waals surface area contributed by atoms with Crippen LogP contribution in [0.4, 0.5) is 10.1 Å². The summed E-state index contributed by atoms with van der Waals surface area (Å²) in [4.78, 5) is 11.3. The third kappa shape index (κ3) is 3.04. The van der Waals surface area contributed by atoms with E-state index in [-0.39, 0.29) is 30.2 Å². The maximum atomic E-state index is 13.1. The van der Waals surface area contributed by atoms with E-state index in [2.05, 4.69) is 5.32 Å². The molecule has 1 amide bonds. The molecule has 4 nitrogen and oxygen atoms in total. The first kappa shape index (κ1) is 12.1. The molecule has 0 unspecified atom stereocenters. The number of aliphatic hydroxyl groups is 1. The standard InChI is InChI=1S/C11H11FN2O2/c12-9-3-1-4-10(8(9)7-13)14-11(16)5-2-6-15/h1,3-4,15H,2,5-6H2,(H,14,16). The Bertz CT molecular complexity index is 426. The van der Waals surface area contributed by atoms with Gasteiger partial charge in [0, 0.05) is 13.0 Å². The van der Waals surface area contributed by atoms with E-state index >= 15 is 0 Å². The molecule has 1 aromatic carbocycles. The van der Waals surface area contributed by atoms with Crippen LogP contribution in [0.2, 0.25) is 0 Å². The lowest BCUT2D eigenvalue weighted by atomic mass is 10.1. The van der Waals surface area contributed by atoms with E-state index in [1.54, 1.807) is 6.07 Å². The molecular formula is C11H11FN2O2. The van der Waals surface area contributed by atoms with Crippen LogP contribution in [-0.4, -0.2) is 17.6 Å². The van der Waals surface area contributed by atoms with Crippen molar-refractivity contribution in [1.82, 2.24) is 0 Å². The van der Waals surface area contributed by atoms with Gasteiger partial charge in [-0.05, 0) is 18.6 Å². The summed E-state index contributed by atoms with van der Waals surface area (Å²) in [5.74, 6) is -1.02. The molecule has 0 aliphatic carbocycles. The lowest BCUT2D eigenvalue weighted by Crippen LogP contribution is -2.13. The van der Waals surface area contributed by atoms with Crippen LogP contribution in [0.25, 0.3) is 0 Å². The molecule has 0 heterocycles. The Hall–Kier alpha value is -1.93. The summed E-state index contributed by atoms with van der Waals surface area (Å²) in [5, 5.41) is 19.7. The average molecular weight is 222 g/mol. The molecule has 0 saturated carbocycles. The molecule has 5 heteroatoms. The Kier molecular flexibility index (Phi) is 4.42.